The molecule has 5 nitrogen and oxygen atoms in total. The standard InChI is InChI=1S/C15H25NO4/c1-3-18-8-9-19-12-14(17)11-16-13-6-5-7-15(10-13)20-4-2/h5-7,10,14,16-17H,3-4,8-9,11-12H2,1-2H3. The first-order valence-electron chi connectivity index (χ1n) is 7.06. The molecule has 1 rings (SSSR count). The van der Waals surface area contributed by atoms with Crippen molar-refractivity contribution in [3.8, 4) is 5.75 Å². The van der Waals surface area contributed by atoms with Gasteiger partial charge in [0, 0.05) is 24.9 Å². The lowest BCUT2D eigenvalue weighted by Crippen LogP contribution is -2.25. The van der Waals surface area contributed by atoms with Gasteiger partial charge in [-0.15, -0.1) is 0 Å². The molecule has 20 heavy (non-hydrogen) atoms. The van der Waals surface area contributed by atoms with Gasteiger partial charge in [0.2, 0.25) is 0 Å². The first kappa shape index (κ1) is 16.8. The van der Waals surface area contributed by atoms with E-state index in [1.54, 1.807) is 0 Å². The van der Waals surface area contributed by atoms with Crippen molar-refractivity contribution in [2.75, 3.05) is 44.9 Å². The highest BCUT2D eigenvalue weighted by atomic mass is 16.5. The Morgan fingerprint density at radius 3 is 2.70 bits per heavy atom. The van der Waals surface area contributed by atoms with E-state index in [2.05, 4.69) is 5.32 Å². The minimum atomic E-state index is -0.549. The summed E-state index contributed by atoms with van der Waals surface area (Å²) in [5, 5.41) is 12.9. The fraction of sp³-hybridized carbons (Fsp3) is 0.600. The van der Waals surface area contributed by atoms with Gasteiger partial charge in [-0.05, 0) is 26.0 Å². The number of nitrogens with one attached hydrogen (secondary N) is 1. The Balaban J connectivity index is 2.19. The van der Waals surface area contributed by atoms with E-state index in [1.165, 1.54) is 0 Å². The molecule has 0 amide bonds. The first-order chi connectivity index (χ1) is 9.76. The molecule has 0 saturated carbocycles. The molecule has 0 fully saturated rings. The molecule has 1 atom stereocenters. The summed E-state index contributed by atoms with van der Waals surface area (Å²) in [5.74, 6) is 0.819. The van der Waals surface area contributed by atoms with Gasteiger partial charge in [-0.25, -0.2) is 0 Å². The number of hydrogen-bond donors (Lipinski definition) is 2. The van der Waals surface area contributed by atoms with E-state index in [-0.39, 0.29) is 0 Å². The third kappa shape index (κ3) is 7.33. The molecule has 2 N–H and O–H groups in total. The zero-order valence-electron chi connectivity index (χ0n) is 12.3. The molecule has 0 aliphatic carbocycles. The largest absolute Gasteiger partial charge is 0.494 e. The maximum Gasteiger partial charge on any atom is 0.121 e. The van der Waals surface area contributed by atoms with E-state index >= 15 is 0 Å². The van der Waals surface area contributed by atoms with Crippen molar-refractivity contribution >= 4 is 5.69 Å². The second-order valence-corrected chi connectivity index (χ2v) is 4.27. The zero-order valence-corrected chi connectivity index (χ0v) is 12.3. The highest BCUT2D eigenvalue weighted by molar-refractivity contribution is 5.48. The van der Waals surface area contributed by atoms with E-state index in [0.717, 1.165) is 11.4 Å². The highest BCUT2D eigenvalue weighted by Gasteiger charge is 2.04. The number of aliphatic hydroxyl groups is 1. The van der Waals surface area contributed by atoms with Gasteiger partial charge >= 0.3 is 0 Å². The van der Waals surface area contributed by atoms with Crippen molar-refractivity contribution in [1.82, 2.24) is 0 Å². The predicted octanol–water partition coefficient (Wildman–Crippen LogP) is 1.91. The minimum absolute atomic E-state index is 0.297. The van der Waals surface area contributed by atoms with Crippen molar-refractivity contribution in [2.45, 2.75) is 20.0 Å². The SMILES string of the molecule is CCOCCOCC(O)CNc1cccc(OCC)c1. The van der Waals surface area contributed by atoms with Crippen LogP contribution in [0.4, 0.5) is 5.69 Å². The predicted molar refractivity (Wildman–Crippen MR) is 79.4 cm³/mol. The van der Waals surface area contributed by atoms with E-state index in [1.807, 2.05) is 38.1 Å². The van der Waals surface area contributed by atoms with Crippen LogP contribution in [0, 0.1) is 0 Å². The fourth-order valence-corrected chi connectivity index (χ4v) is 1.64. The van der Waals surface area contributed by atoms with E-state index in [0.29, 0.717) is 39.6 Å². The van der Waals surface area contributed by atoms with E-state index in [9.17, 15) is 5.11 Å². The average molecular weight is 283 g/mol. The van der Waals surface area contributed by atoms with Crippen LogP contribution in [0.1, 0.15) is 13.8 Å². The van der Waals surface area contributed by atoms with Crippen LogP contribution in [-0.4, -0.2) is 50.8 Å². The molecule has 1 aromatic carbocycles. The number of ether oxygens (including phenoxy) is 3. The van der Waals surface area contributed by atoms with E-state index < -0.39 is 6.10 Å². The molecule has 1 unspecified atom stereocenters. The molecule has 0 aromatic heterocycles. The van der Waals surface area contributed by atoms with Gasteiger partial charge in [0.15, 0.2) is 0 Å². The van der Waals surface area contributed by atoms with Gasteiger partial charge in [0.05, 0.1) is 32.5 Å². The molecule has 0 radical (unpaired) electrons. The molecule has 0 aliphatic heterocycles. The Hall–Kier alpha value is -1.30. The van der Waals surface area contributed by atoms with Crippen molar-refractivity contribution in [3.05, 3.63) is 24.3 Å². The summed E-state index contributed by atoms with van der Waals surface area (Å²) < 4.78 is 15.9. The Kier molecular flexibility index (Phi) is 8.78. The summed E-state index contributed by atoms with van der Waals surface area (Å²) in [6.45, 7) is 7.01. The maximum atomic E-state index is 9.78. The number of aliphatic hydroxyl groups excluding tert-OH is 1. The van der Waals surface area contributed by atoms with Gasteiger partial charge in [0.25, 0.3) is 0 Å². The molecule has 0 bridgehead atoms. The second-order valence-electron chi connectivity index (χ2n) is 4.27. The Bertz CT molecular complexity index is 359. The lowest BCUT2D eigenvalue weighted by Gasteiger charge is -2.14. The monoisotopic (exact) mass is 283 g/mol. The third-order valence-corrected chi connectivity index (χ3v) is 2.57. The summed E-state index contributed by atoms with van der Waals surface area (Å²) in [5.41, 5.74) is 0.921. The van der Waals surface area contributed by atoms with Gasteiger partial charge in [-0.2, -0.15) is 0 Å². The summed E-state index contributed by atoms with van der Waals surface area (Å²) in [6.07, 6.45) is -0.549. The van der Waals surface area contributed by atoms with Crippen LogP contribution in [0.15, 0.2) is 24.3 Å². The topological polar surface area (TPSA) is 60.0 Å². The van der Waals surface area contributed by atoms with Crippen molar-refractivity contribution < 1.29 is 19.3 Å². The summed E-state index contributed by atoms with van der Waals surface area (Å²) in [4.78, 5) is 0. The molecule has 0 aliphatic rings. The summed E-state index contributed by atoms with van der Waals surface area (Å²) >= 11 is 0. The lowest BCUT2D eigenvalue weighted by molar-refractivity contribution is 0.0103. The zero-order chi connectivity index (χ0) is 14.6. The van der Waals surface area contributed by atoms with Crippen LogP contribution in [0.25, 0.3) is 0 Å². The van der Waals surface area contributed by atoms with Crippen molar-refractivity contribution in [3.63, 3.8) is 0 Å². The number of benzene rings is 1. The minimum Gasteiger partial charge on any atom is -0.494 e. The lowest BCUT2D eigenvalue weighted by atomic mass is 10.3. The Morgan fingerprint density at radius 2 is 1.95 bits per heavy atom. The Morgan fingerprint density at radius 1 is 1.15 bits per heavy atom. The number of anilines is 1. The molecule has 0 heterocycles. The fourth-order valence-electron chi connectivity index (χ4n) is 1.64. The smallest absolute Gasteiger partial charge is 0.121 e. The first-order valence-corrected chi connectivity index (χ1v) is 7.06. The van der Waals surface area contributed by atoms with Crippen LogP contribution >= 0.6 is 0 Å². The molecule has 1 aromatic rings. The van der Waals surface area contributed by atoms with Crippen LogP contribution in [0.5, 0.6) is 5.75 Å². The van der Waals surface area contributed by atoms with Gasteiger partial charge < -0.3 is 24.6 Å². The molecule has 114 valence electrons. The van der Waals surface area contributed by atoms with Gasteiger partial charge in [-0.3, -0.25) is 0 Å². The molecular formula is C15H25NO4. The summed E-state index contributed by atoms with van der Waals surface area (Å²) in [6, 6.07) is 7.66. The van der Waals surface area contributed by atoms with Gasteiger partial charge in [0.1, 0.15) is 5.75 Å². The highest BCUT2D eigenvalue weighted by Crippen LogP contribution is 2.17. The van der Waals surface area contributed by atoms with Crippen LogP contribution in [0.2, 0.25) is 0 Å². The molecular weight excluding hydrogens is 258 g/mol. The van der Waals surface area contributed by atoms with Gasteiger partial charge in [-0.1, -0.05) is 6.07 Å². The number of hydrogen-bond acceptors (Lipinski definition) is 5. The second kappa shape index (κ2) is 10.5. The summed E-state index contributed by atoms with van der Waals surface area (Å²) in [7, 11) is 0. The quantitative estimate of drug-likeness (QED) is 0.608. The average Bonchev–Trinajstić information content (AvgIpc) is 2.46. The number of rotatable bonds is 11. The van der Waals surface area contributed by atoms with Crippen molar-refractivity contribution in [2.24, 2.45) is 0 Å². The molecule has 0 spiro atoms. The third-order valence-electron chi connectivity index (χ3n) is 2.57. The Labute approximate surface area is 120 Å². The van der Waals surface area contributed by atoms with Crippen LogP contribution in [-0.2, 0) is 9.47 Å². The molecule has 0 saturated heterocycles. The van der Waals surface area contributed by atoms with Crippen molar-refractivity contribution in [1.29, 1.82) is 0 Å². The van der Waals surface area contributed by atoms with Crippen LogP contribution in [0.3, 0.4) is 0 Å². The maximum absolute atomic E-state index is 9.78. The normalized spacial score (nSPS) is 12.2. The van der Waals surface area contributed by atoms with E-state index in [4.69, 9.17) is 14.2 Å². The molecule has 5 heteroatoms. The van der Waals surface area contributed by atoms with Crippen LogP contribution < -0.4 is 10.1 Å².